The Balaban J connectivity index is 1.76. The van der Waals surface area contributed by atoms with Gasteiger partial charge in [-0.3, -0.25) is 4.98 Å². The summed E-state index contributed by atoms with van der Waals surface area (Å²) < 4.78 is 5.92. The highest BCUT2D eigenvalue weighted by molar-refractivity contribution is 5.35. The van der Waals surface area contributed by atoms with Gasteiger partial charge in [0.2, 0.25) is 0 Å². The average Bonchev–Trinajstić information content (AvgIpc) is 2.55. The van der Waals surface area contributed by atoms with Gasteiger partial charge in [-0.2, -0.15) is 0 Å². The van der Waals surface area contributed by atoms with Crippen LogP contribution in [0.2, 0.25) is 0 Å². The molecule has 3 nitrogen and oxygen atoms in total. The summed E-state index contributed by atoms with van der Waals surface area (Å²) in [6, 6.07) is 12.4. The normalized spacial score (nSPS) is 12.1. The minimum Gasteiger partial charge on any atom is -0.492 e. The first-order valence-electron chi connectivity index (χ1n) is 7.62. The third-order valence-electron chi connectivity index (χ3n) is 3.65. The molecule has 0 aliphatic rings. The Bertz CT molecular complexity index is 528. The van der Waals surface area contributed by atoms with Gasteiger partial charge in [0.25, 0.3) is 0 Å². The molecule has 112 valence electrons. The number of pyridine rings is 1. The molecule has 0 saturated carbocycles. The van der Waals surface area contributed by atoms with E-state index in [1.54, 1.807) is 6.20 Å². The van der Waals surface area contributed by atoms with Gasteiger partial charge in [-0.1, -0.05) is 38.1 Å². The Morgan fingerprint density at radius 2 is 2.05 bits per heavy atom. The molecule has 0 saturated heterocycles. The van der Waals surface area contributed by atoms with Crippen LogP contribution in [0, 0.1) is 0 Å². The minimum absolute atomic E-state index is 0.532. The summed E-state index contributed by atoms with van der Waals surface area (Å²) >= 11 is 0. The highest BCUT2D eigenvalue weighted by Gasteiger charge is 2.08. The number of aromatic nitrogens is 1. The summed E-state index contributed by atoms with van der Waals surface area (Å²) in [4.78, 5) is 4.10. The molecule has 0 bridgehead atoms. The van der Waals surface area contributed by atoms with Crippen LogP contribution in [0.3, 0.4) is 0 Å². The Morgan fingerprint density at radius 1 is 1.19 bits per heavy atom. The van der Waals surface area contributed by atoms with Gasteiger partial charge < -0.3 is 10.1 Å². The largest absolute Gasteiger partial charge is 0.492 e. The van der Waals surface area contributed by atoms with Crippen LogP contribution in [-0.2, 0) is 6.54 Å². The van der Waals surface area contributed by atoms with E-state index in [2.05, 4.69) is 48.4 Å². The highest BCUT2D eigenvalue weighted by Crippen LogP contribution is 2.28. The standard InChI is InChI=1S/C18H24N2O/c1-3-15(2)17-8-4-5-9-18(17)21-12-11-20-14-16-7-6-10-19-13-16/h4-10,13,15,20H,3,11-12,14H2,1-2H3. The van der Waals surface area contributed by atoms with Crippen molar-refractivity contribution in [1.82, 2.24) is 10.3 Å². The predicted octanol–water partition coefficient (Wildman–Crippen LogP) is 3.76. The van der Waals surface area contributed by atoms with Crippen LogP contribution in [-0.4, -0.2) is 18.1 Å². The molecule has 1 atom stereocenters. The number of para-hydroxylation sites is 1. The third kappa shape index (κ3) is 4.87. The second kappa shape index (κ2) is 8.42. The summed E-state index contributed by atoms with van der Waals surface area (Å²) in [6.07, 6.45) is 4.80. The molecule has 1 aromatic carbocycles. The molecule has 2 aromatic rings. The zero-order chi connectivity index (χ0) is 14.9. The summed E-state index contributed by atoms with van der Waals surface area (Å²) in [5.74, 6) is 1.54. The van der Waals surface area contributed by atoms with Gasteiger partial charge in [-0.15, -0.1) is 0 Å². The van der Waals surface area contributed by atoms with Crippen molar-refractivity contribution < 1.29 is 4.74 Å². The number of benzene rings is 1. The third-order valence-corrected chi connectivity index (χ3v) is 3.65. The first-order chi connectivity index (χ1) is 10.3. The summed E-state index contributed by atoms with van der Waals surface area (Å²) in [5, 5.41) is 3.37. The molecule has 0 amide bonds. The fourth-order valence-corrected chi connectivity index (χ4v) is 2.21. The first-order valence-corrected chi connectivity index (χ1v) is 7.62. The molecule has 2 rings (SSSR count). The minimum atomic E-state index is 0.532. The van der Waals surface area contributed by atoms with Crippen molar-refractivity contribution in [2.75, 3.05) is 13.2 Å². The van der Waals surface area contributed by atoms with Crippen LogP contribution in [0.25, 0.3) is 0 Å². The molecule has 1 heterocycles. The van der Waals surface area contributed by atoms with E-state index in [1.165, 1.54) is 11.1 Å². The predicted molar refractivity (Wildman–Crippen MR) is 86.6 cm³/mol. The molecule has 1 aromatic heterocycles. The molecule has 0 spiro atoms. The zero-order valence-electron chi connectivity index (χ0n) is 12.9. The van der Waals surface area contributed by atoms with Gasteiger partial charge >= 0.3 is 0 Å². The van der Waals surface area contributed by atoms with Gasteiger partial charge in [0.05, 0.1) is 0 Å². The maximum absolute atomic E-state index is 5.92. The topological polar surface area (TPSA) is 34.1 Å². The van der Waals surface area contributed by atoms with Crippen molar-refractivity contribution in [3.8, 4) is 5.75 Å². The summed E-state index contributed by atoms with van der Waals surface area (Å²) in [7, 11) is 0. The quantitative estimate of drug-likeness (QED) is 0.749. The number of nitrogens with one attached hydrogen (secondary N) is 1. The lowest BCUT2D eigenvalue weighted by atomic mass is 9.98. The fourth-order valence-electron chi connectivity index (χ4n) is 2.21. The number of nitrogens with zero attached hydrogens (tertiary/aromatic N) is 1. The van der Waals surface area contributed by atoms with Crippen LogP contribution >= 0.6 is 0 Å². The lowest BCUT2D eigenvalue weighted by molar-refractivity contribution is 0.309. The van der Waals surface area contributed by atoms with E-state index in [0.29, 0.717) is 12.5 Å². The lowest BCUT2D eigenvalue weighted by Crippen LogP contribution is -2.21. The van der Waals surface area contributed by atoms with Gasteiger partial charge in [0.15, 0.2) is 0 Å². The van der Waals surface area contributed by atoms with E-state index >= 15 is 0 Å². The van der Waals surface area contributed by atoms with Gasteiger partial charge in [-0.05, 0) is 35.6 Å². The van der Waals surface area contributed by atoms with E-state index in [9.17, 15) is 0 Å². The number of rotatable bonds is 8. The molecule has 1 unspecified atom stereocenters. The molecule has 0 fully saturated rings. The molecular formula is C18H24N2O. The molecule has 21 heavy (non-hydrogen) atoms. The average molecular weight is 284 g/mol. The second-order valence-electron chi connectivity index (χ2n) is 5.23. The SMILES string of the molecule is CCC(C)c1ccccc1OCCNCc1cccnc1. The summed E-state index contributed by atoms with van der Waals surface area (Å²) in [5.41, 5.74) is 2.49. The second-order valence-corrected chi connectivity index (χ2v) is 5.23. The van der Waals surface area contributed by atoms with E-state index in [1.807, 2.05) is 18.3 Å². The lowest BCUT2D eigenvalue weighted by Gasteiger charge is -2.15. The van der Waals surface area contributed by atoms with Crippen molar-refractivity contribution in [3.63, 3.8) is 0 Å². The van der Waals surface area contributed by atoms with Crippen molar-refractivity contribution >= 4 is 0 Å². The van der Waals surface area contributed by atoms with Crippen LogP contribution in [0.15, 0.2) is 48.8 Å². The van der Waals surface area contributed by atoms with E-state index in [-0.39, 0.29) is 0 Å². The maximum Gasteiger partial charge on any atom is 0.122 e. The molecule has 0 radical (unpaired) electrons. The summed E-state index contributed by atoms with van der Waals surface area (Å²) in [6.45, 7) is 6.77. The molecule has 1 N–H and O–H groups in total. The fraction of sp³-hybridized carbons (Fsp3) is 0.389. The molecular weight excluding hydrogens is 260 g/mol. The number of hydrogen-bond donors (Lipinski definition) is 1. The van der Waals surface area contributed by atoms with Gasteiger partial charge in [-0.25, -0.2) is 0 Å². The van der Waals surface area contributed by atoms with Crippen molar-refractivity contribution in [3.05, 3.63) is 59.9 Å². The van der Waals surface area contributed by atoms with Crippen molar-refractivity contribution in [2.45, 2.75) is 32.7 Å². The number of hydrogen-bond acceptors (Lipinski definition) is 3. The van der Waals surface area contributed by atoms with E-state index in [4.69, 9.17) is 4.74 Å². The molecule has 3 heteroatoms. The Hall–Kier alpha value is -1.87. The monoisotopic (exact) mass is 284 g/mol. The maximum atomic E-state index is 5.92. The highest BCUT2D eigenvalue weighted by atomic mass is 16.5. The van der Waals surface area contributed by atoms with Gasteiger partial charge in [0, 0.05) is 25.5 Å². The van der Waals surface area contributed by atoms with Crippen molar-refractivity contribution in [1.29, 1.82) is 0 Å². The smallest absolute Gasteiger partial charge is 0.122 e. The number of ether oxygens (including phenoxy) is 1. The Morgan fingerprint density at radius 3 is 2.81 bits per heavy atom. The zero-order valence-corrected chi connectivity index (χ0v) is 12.9. The first kappa shape index (κ1) is 15.5. The molecule has 0 aliphatic carbocycles. The van der Waals surface area contributed by atoms with Crippen molar-refractivity contribution in [2.24, 2.45) is 0 Å². The van der Waals surface area contributed by atoms with E-state index in [0.717, 1.165) is 25.3 Å². The Kier molecular flexibility index (Phi) is 6.22. The van der Waals surface area contributed by atoms with E-state index < -0.39 is 0 Å². The van der Waals surface area contributed by atoms with Crippen LogP contribution in [0.1, 0.15) is 37.3 Å². The molecule has 0 aliphatic heterocycles. The Labute approximate surface area is 127 Å². The van der Waals surface area contributed by atoms with Crippen LogP contribution in [0.4, 0.5) is 0 Å². The van der Waals surface area contributed by atoms with Gasteiger partial charge in [0.1, 0.15) is 12.4 Å². The van der Waals surface area contributed by atoms with Crippen LogP contribution in [0.5, 0.6) is 5.75 Å². The van der Waals surface area contributed by atoms with Crippen LogP contribution < -0.4 is 10.1 Å².